The molecule has 3 aromatic rings. The number of benzene rings is 2. The Balaban J connectivity index is 1.98. The summed E-state index contributed by atoms with van der Waals surface area (Å²) in [6.07, 6.45) is 1.37. The van der Waals surface area contributed by atoms with Crippen LogP contribution in [0.3, 0.4) is 0 Å². The summed E-state index contributed by atoms with van der Waals surface area (Å²) in [6.45, 7) is 8.21. The van der Waals surface area contributed by atoms with Gasteiger partial charge in [-0.2, -0.15) is 0 Å². The van der Waals surface area contributed by atoms with Gasteiger partial charge in [0.15, 0.2) is 0 Å². The lowest BCUT2D eigenvalue weighted by Gasteiger charge is -2.34. The molecule has 2 aromatic carbocycles. The van der Waals surface area contributed by atoms with E-state index in [-0.39, 0.29) is 23.6 Å². The number of fused-ring (bicyclic) bond motifs is 1. The van der Waals surface area contributed by atoms with Gasteiger partial charge in [-0.05, 0) is 80.0 Å². The van der Waals surface area contributed by atoms with E-state index in [2.05, 4.69) is 43.5 Å². The van der Waals surface area contributed by atoms with Crippen molar-refractivity contribution in [2.24, 2.45) is 5.92 Å². The number of hydrogen-bond donors (Lipinski definition) is 1. The number of rotatable bonds is 4. The second kappa shape index (κ2) is 6.77. The largest absolute Gasteiger partial charge is 0.481 e. The van der Waals surface area contributed by atoms with Gasteiger partial charge in [-0.1, -0.05) is 25.5 Å². The minimum atomic E-state index is -0.698. The zero-order valence-electron chi connectivity index (χ0n) is 16.8. The topological polar surface area (TPSA) is 42.2 Å². The highest BCUT2D eigenvalue weighted by Gasteiger charge is 2.39. The first-order valence-electron chi connectivity index (χ1n) is 9.92. The van der Waals surface area contributed by atoms with E-state index in [1.165, 1.54) is 28.3 Å². The molecule has 1 aliphatic rings. The van der Waals surface area contributed by atoms with Gasteiger partial charge in [0, 0.05) is 16.8 Å². The molecule has 28 heavy (non-hydrogen) atoms. The molecular weight excluding hydrogens is 353 g/mol. The molecule has 0 aliphatic heterocycles. The Morgan fingerprint density at radius 2 is 1.86 bits per heavy atom. The Morgan fingerprint density at radius 3 is 2.46 bits per heavy atom. The number of carboxylic acids is 1. The van der Waals surface area contributed by atoms with Crippen LogP contribution in [0.15, 0.2) is 36.4 Å². The fourth-order valence-corrected chi connectivity index (χ4v) is 4.55. The molecular formula is C24H26FNO2. The fraction of sp³-hybridized carbons (Fsp3) is 0.375. The summed E-state index contributed by atoms with van der Waals surface area (Å²) in [4.78, 5) is 11.4. The van der Waals surface area contributed by atoms with E-state index < -0.39 is 5.97 Å². The summed E-state index contributed by atoms with van der Waals surface area (Å²) in [6, 6.07) is 11.7. The second-order valence-corrected chi connectivity index (χ2v) is 8.45. The van der Waals surface area contributed by atoms with Crippen molar-refractivity contribution in [2.75, 3.05) is 0 Å². The van der Waals surface area contributed by atoms with Crippen LogP contribution in [0.5, 0.6) is 0 Å². The zero-order chi connectivity index (χ0) is 20.2. The van der Waals surface area contributed by atoms with Crippen molar-refractivity contribution >= 4 is 16.9 Å². The molecule has 1 fully saturated rings. The third-order valence-electron chi connectivity index (χ3n) is 6.04. The Hall–Kier alpha value is -2.62. The molecule has 0 spiro atoms. The summed E-state index contributed by atoms with van der Waals surface area (Å²) in [7, 11) is 0. The summed E-state index contributed by atoms with van der Waals surface area (Å²) in [5.74, 6) is -0.633. The third kappa shape index (κ3) is 2.92. The van der Waals surface area contributed by atoms with Gasteiger partial charge in [-0.15, -0.1) is 0 Å². The first-order chi connectivity index (χ1) is 13.3. The van der Waals surface area contributed by atoms with Crippen LogP contribution < -0.4 is 0 Å². The van der Waals surface area contributed by atoms with Crippen LogP contribution >= 0.6 is 0 Å². The molecule has 3 nitrogen and oxygen atoms in total. The number of aryl methyl sites for hydroxylation is 2. The standard InChI is InChI=1S/C24H26FNO2/c1-13(2)23-22(16-11-17(12-16)24(27)28)19-9-14(3)5-8-21(19)26(23)18-6-7-20(25)15(4)10-18/h5-10,13,16-17H,11-12H2,1-4H3,(H,27,28). The van der Waals surface area contributed by atoms with Crippen molar-refractivity contribution in [1.29, 1.82) is 0 Å². The maximum Gasteiger partial charge on any atom is 0.306 e. The van der Waals surface area contributed by atoms with Gasteiger partial charge in [0.2, 0.25) is 0 Å². The molecule has 1 N–H and O–H groups in total. The molecule has 4 heteroatoms. The Morgan fingerprint density at radius 1 is 1.14 bits per heavy atom. The predicted octanol–water partition coefficient (Wildman–Crippen LogP) is 6.09. The number of carbonyl (C=O) groups is 1. The van der Waals surface area contributed by atoms with Crippen molar-refractivity contribution in [1.82, 2.24) is 4.57 Å². The lowest BCUT2D eigenvalue weighted by molar-refractivity contribution is -0.145. The molecule has 0 unspecified atom stereocenters. The maximum absolute atomic E-state index is 13.9. The molecule has 0 radical (unpaired) electrons. The van der Waals surface area contributed by atoms with Gasteiger partial charge in [-0.3, -0.25) is 4.79 Å². The second-order valence-electron chi connectivity index (χ2n) is 8.45. The SMILES string of the molecule is Cc1ccc2c(c1)c(C1CC(C(=O)O)C1)c(C(C)C)n2-c1ccc(F)c(C)c1. The van der Waals surface area contributed by atoms with Crippen molar-refractivity contribution in [3.63, 3.8) is 0 Å². The molecule has 146 valence electrons. The molecule has 0 bridgehead atoms. The molecule has 1 aromatic heterocycles. The third-order valence-corrected chi connectivity index (χ3v) is 6.04. The molecule has 1 saturated carbocycles. The van der Waals surface area contributed by atoms with Crippen LogP contribution in [0.1, 0.15) is 60.9 Å². The summed E-state index contributed by atoms with van der Waals surface area (Å²) >= 11 is 0. The Bertz CT molecular complexity index is 1070. The average molecular weight is 379 g/mol. The smallest absolute Gasteiger partial charge is 0.306 e. The first kappa shape index (κ1) is 18.7. The summed E-state index contributed by atoms with van der Waals surface area (Å²) in [5.41, 5.74) is 6.35. The zero-order valence-corrected chi connectivity index (χ0v) is 16.8. The van der Waals surface area contributed by atoms with Crippen LogP contribution in [-0.4, -0.2) is 15.6 Å². The van der Waals surface area contributed by atoms with E-state index in [4.69, 9.17) is 0 Å². The normalized spacial score (nSPS) is 19.2. The van der Waals surface area contributed by atoms with Gasteiger partial charge >= 0.3 is 5.97 Å². The highest BCUT2D eigenvalue weighted by atomic mass is 19.1. The molecule has 1 aliphatic carbocycles. The van der Waals surface area contributed by atoms with Gasteiger partial charge < -0.3 is 9.67 Å². The van der Waals surface area contributed by atoms with Gasteiger partial charge in [0.05, 0.1) is 11.4 Å². The lowest BCUT2D eigenvalue weighted by atomic mass is 9.70. The van der Waals surface area contributed by atoms with Crippen LogP contribution in [0, 0.1) is 25.6 Å². The van der Waals surface area contributed by atoms with Crippen LogP contribution in [0.25, 0.3) is 16.6 Å². The van der Waals surface area contributed by atoms with Crippen molar-refractivity contribution in [3.8, 4) is 5.69 Å². The van der Waals surface area contributed by atoms with Crippen LogP contribution in [0.4, 0.5) is 4.39 Å². The van der Waals surface area contributed by atoms with Crippen LogP contribution in [-0.2, 0) is 4.79 Å². The number of aromatic nitrogens is 1. The molecule has 0 saturated heterocycles. The predicted molar refractivity (Wildman–Crippen MR) is 110 cm³/mol. The van der Waals surface area contributed by atoms with Gasteiger partial charge in [0.1, 0.15) is 5.82 Å². The average Bonchev–Trinajstić information content (AvgIpc) is 2.90. The summed E-state index contributed by atoms with van der Waals surface area (Å²) < 4.78 is 16.1. The van der Waals surface area contributed by atoms with E-state index in [0.717, 1.165) is 11.2 Å². The van der Waals surface area contributed by atoms with Crippen molar-refractivity contribution < 1.29 is 14.3 Å². The molecule has 4 rings (SSSR count). The first-order valence-corrected chi connectivity index (χ1v) is 9.92. The van der Waals surface area contributed by atoms with Crippen molar-refractivity contribution in [2.45, 2.75) is 52.4 Å². The van der Waals surface area contributed by atoms with Crippen LogP contribution in [0.2, 0.25) is 0 Å². The van der Waals surface area contributed by atoms with E-state index in [1.807, 2.05) is 12.1 Å². The maximum atomic E-state index is 13.9. The molecule has 0 atom stereocenters. The number of halogens is 1. The molecule has 0 amide bonds. The van der Waals surface area contributed by atoms with E-state index >= 15 is 0 Å². The number of hydrogen-bond acceptors (Lipinski definition) is 1. The number of aliphatic carboxylic acids is 1. The van der Waals surface area contributed by atoms with Gasteiger partial charge in [-0.25, -0.2) is 4.39 Å². The highest BCUT2D eigenvalue weighted by molar-refractivity contribution is 5.89. The van der Waals surface area contributed by atoms with E-state index in [1.54, 1.807) is 6.92 Å². The minimum Gasteiger partial charge on any atom is -0.481 e. The molecule has 1 heterocycles. The van der Waals surface area contributed by atoms with Crippen molar-refractivity contribution in [3.05, 3.63) is 64.6 Å². The quantitative estimate of drug-likeness (QED) is 0.596. The van der Waals surface area contributed by atoms with Gasteiger partial charge in [0.25, 0.3) is 0 Å². The van der Waals surface area contributed by atoms with E-state index in [9.17, 15) is 14.3 Å². The number of carboxylic acid groups (broad SMARTS) is 1. The monoisotopic (exact) mass is 379 g/mol. The highest BCUT2D eigenvalue weighted by Crippen LogP contribution is 2.48. The fourth-order valence-electron chi connectivity index (χ4n) is 4.55. The Kier molecular flexibility index (Phi) is 4.53. The van der Waals surface area contributed by atoms with E-state index in [0.29, 0.717) is 18.4 Å². The number of nitrogens with zero attached hydrogens (tertiary/aromatic N) is 1. The summed E-state index contributed by atoms with van der Waals surface area (Å²) in [5, 5.41) is 10.5. The minimum absolute atomic E-state index is 0.203. The lowest BCUT2D eigenvalue weighted by Crippen LogP contribution is -2.29. The Labute approximate surface area is 164 Å².